The van der Waals surface area contributed by atoms with Crippen molar-refractivity contribution in [3.8, 4) is 16.9 Å². The molecule has 8 nitrogen and oxygen atoms in total. The van der Waals surface area contributed by atoms with Crippen molar-refractivity contribution in [2.45, 2.75) is 0 Å². The van der Waals surface area contributed by atoms with Crippen LogP contribution in [-0.4, -0.2) is 26.6 Å². The Labute approximate surface area is 196 Å². The van der Waals surface area contributed by atoms with Crippen molar-refractivity contribution in [2.24, 2.45) is 5.73 Å². The van der Waals surface area contributed by atoms with Crippen LogP contribution < -0.4 is 16.8 Å². The van der Waals surface area contributed by atoms with Crippen molar-refractivity contribution in [1.29, 1.82) is 0 Å². The number of anilines is 2. The van der Waals surface area contributed by atoms with Gasteiger partial charge >= 0.3 is 0 Å². The molecule has 0 radical (unpaired) electrons. The third kappa shape index (κ3) is 4.50. The summed E-state index contributed by atoms with van der Waals surface area (Å²) in [5.41, 5.74) is 12.1. The maximum atomic E-state index is 13.6. The lowest BCUT2D eigenvalue weighted by Gasteiger charge is -2.11. The molecule has 0 unspecified atom stereocenters. The SMILES string of the molecule is NC(=O)c1cc(NC(=O)c2cc(-c3nc(N)c(F)cc3Cl)ccc2Cl)n(-c2ccccc2)n1. The van der Waals surface area contributed by atoms with Gasteiger partial charge < -0.3 is 16.8 Å². The molecule has 0 aliphatic rings. The second kappa shape index (κ2) is 8.89. The number of rotatable bonds is 5. The van der Waals surface area contributed by atoms with Gasteiger partial charge in [-0.05, 0) is 30.3 Å². The molecule has 166 valence electrons. The van der Waals surface area contributed by atoms with Crippen LogP contribution in [0.3, 0.4) is 0 Å². The number of aromatic nitrogens is 3. The van der Waals surface area contributed by atoms with Gasteiger partial charge in [0.25, 0.3) is 11.8 Å². The number of nitrogens with zero attached hydrogens (tertiary/aromatic N) is 3. The van der Waals surface area contributed by atoms with Crippen molar-refractivity contribution < 1.29 is 14.0 Å². The quantitative estimate of drug-likeness (QED) is 0.388. The third-order valence-corrected chi connectivity index (χ3v) is 5.26. The maximum Gasteiger partial charge on any atom is 0.269 e. The minimum absolute atomic E-state index is 0.0173. The molecule has 2 heterocycles. The summed E-state index contributed by atoms with van der Waals surface area (Å²) in [4.78, 5) is 28.7. The highest BCUT2D eigenvalue weighted by Gasteiger charge is 2.19. The van der Waals surface area contributed by atoms with E-state index in [9.17, 15) is 14.0 Å². The Morgan fingerprint density at radius 2 is 1.73 bits per heavy atom. The van der Waals surface area contributed by atoms with Crippen LogP contribution in [0.2, 0.25) is 10.0 Å². The first-order valence-corrected chi connectivity index (χ1v) is 10.2. The van der Waals surface area contributed by atoms with Gasteiger partial charge in [0.2, 0.25) is 0 Å². The van der Waals surface area contributed by atoms with Gasteiger partial charge in [0.05, 0.1) is 27.0 Å². The summed E-state index contributed by atoms with van der Waals surface area (Å²) in [6.45, 7) is 0. The lowest BCUT2D eigenvalue weighted by molar-refractivity contribution is 0.0992. The van der Waals surface area contributed by atoms with Crippen LogP contribution in [0, 0.1) is 5.82 Å². The molecule has 2 aromatic carbocycles. The minimum atomic E-state index is -0.755. The van der Waals surface area contributed by atoms with Gasteiger partial charge in [-0.15, -0.1) is 0 Å². The van der Waals surface area contributed by atoms with Gasteiger partial charge in [-0.25, -0.2) is 14.1 Å². The van der Waals surface area contributed by atoms with E-state index in [1.807, 2.05) is 6.07 Å². The molecule has 0 bridgehead atoms. The molecule has 0 aliphatic heterocycles. The Balaban J connectivity index is 1.73. The maximum absolute atomic E-state index is 13.6. The number of carbonyl (C=O) groups excluding carboxylic acids is 2. The molecule has 0 spiro atoms. The number of primary amides is 1. The van der Waals surface area contributed by atoms with E-state index in [1.54, 1.807) is 30.3 Å². The fourth-order valence-corrected chi connectivity index (χ4v) is 3.52. The first kappa shape index (κ1) is 22.3. The van der Waals surface area contributed by atoms with Gasteiger partial charge in [-0.1, -0.05) is 47.5 Å². The second-order valence-electron chi connectivity index (χ2n) is 6.86. The molecule has 2 amide bonds. The predicted octanol–water partition coefficient (Wildman–Crippen LogP) is 4.31. The van der Waals surface area contributed by atoms with Crippen molar-refractivity contribution in [3.05, 3.63) is 87.8 Å². The van der Waals surface area contributed by atoms with Crippen molar-refractivity contribution in [1.82, 2.24) is 14.8 Å². The molecule has 11 heteroatoms. The fraction of sp³-hybridized carbons (Fsp3) is 0. The molecule has 33 heavy (non-hydrogen) atoms. The zero-order valence-corrected chi connectivity index (χ0v) is 18.2. The number of pyridine rings is 1. The summed E-state index contributed by atoms with van der Waals surface area (Å²) in [5.74, 6) is -2.24. The molecule has 0 saturated heterocycles. The van der Waals surface area contributed by atoms with E-state index in [-0.39, 0.29) is 38.6 Å². The van der Waals surface area contributed by atoms with E-state index in [1.165, 1.54) is 22.9 Å². The molecule has 0 aliphatic carbocycles. The first-order valence-electron chi connectivity index (χ1n) is 9.42. The van der Waals surface area contributed by atoms with Crippen molar-refractivity contribution >= 4 is 46.7 Å². The molecular weight excluding hydrogens is 470 g/mol. The van der Waals surface area contributed by atoms with Crippen LogP contribution in [0.25, 0.3) is 16.9 Å². The molecular formula is C22H15Cl2FN6O2. The zero-order chi connectivity index (χ0) is 23.7. The predicted molar refractivity (Wildman–Crippen MR) is 124 cm³/mol. The largest absolute Gasteiger partial charge is 0.381 e. The highest BCUT2D eigenvalue weighted by Crippen LogP contribution is 2.31. The second-order valence-corrected chi connectivity index (χ2v) is 7.68. The van der Waals surface area contributed by atoms with Gasteiger partial charge in [0.15, 0.2) is 17.3 Å². The Kier molecular flexibility index (Phi) is 5.99. The molecule has 0 fully saturated rings. The number of nitrogen functional groups attached to an aromatic ring is 1. The average molecular weight is 485 g/mol. The normalized spacial score (nSPS) is 10.8. The lowest BCUT2D eigenvalue weighted by Crippen LogP contribution is -2.16. The molecule has 4 aromatic rings. The van der Waals surface area contributed by atoms with E-state index in [2.05, 4.69) is 15.4 Å². The summed E-state index contributed by atoms with van der Waals surface area (Å²) in [5, 5.41) is 7.01. The van der Waals surface area contributed by atoms with Crippen LogP contribution in [0.4, 0.5) is 16.0 Å². The average Bonchev–Trinajstić information content (AvgIpc) is 3.21. The zero-order valence-electron chi connectivity index (χ0n) is 16.7. The summed E-state index contributed by atoms with van der Waals surface area (Å²) in [7, 11) is 0. The van der Waals surface area contributed by atoms with Crippen molar-refractivity contribution in [3.63, 3.8) is 0 Å². The molecule has 4 rings (SSSR count). The van der Waals surface area contributed by atoms with E-state index >= 15 is 0 Å². The number of carbonyl (C=O) groups is 2. The van der Waals surface area contributed by atoms with Gasteiger partial charge in [0, 0.05) is 11.6 Å². The topological polar surface area (TPSA) is 129 Å². The van der Waals surface area contributed by atoms with E-state index in [0.29, 0.717) is 11.3 Å². The first-order chi connectivity index (χ1) is 15.7. The van der Waals surface area contributed by atoms with Crippen molar-refractivity contribution in [2.75, 3.05) is 11.1 Å². The van der Waals surface area contributed by atoms with E-state index in [4.69, 9.17) is 34.7 Å². The highest BCUT2D eigenvalue weighted by molar-refractivity contribution is 6.35. The number of para-hydroxylation sites is 1. The number of benzene rings is 2. The number of nitrogens with one attached hydrogen (secondary N) is 1. The number of hydrogen-bond acceptors (Lipinski definition) is 5. The van der Waals surface area contributed by atoms with Crippen LogP contribution in [0.15, 0.2) is 60.7 Å². The summed E-state index contributed by atoms with van der Waals surface area (Å²) < 4.78 is 15.0. The van der Waals surface area contributed by atoms with Crippen LogP contribution in [-0.2, 0) is 0 Å². The lowest BCUT2D eigenvalue weighted by atomic mass is 10.1. The van der Waals surface area contributed by atoms with Gasteiger partial charge in [0.1, 0.15) is 5.82 Å². The molecule has 0 atom stereocenters. The summed E-state index contributed by atoms with van der Waals surface area (Å²) in [6.07, 6.45) is 0. The Hall–Kier alpha value is -3.95. The number of halogens is 3. The summed E-state index contributed by atoms with van der Waals surface area (Å²) in [6, 6.07) is 15.7. The van der Waals surface area contributed by atoms with E-state index < -0.39 is 17.6 Å². The highest BCUT2D eigenvalue weighted by atomic mass is 35.5. The smallest absolute Gasteiger partial charge is 0.269 e. The minimum Gasteiger partial charge on any atom is -0.381 e. The Morgan fingerprint density at radius 1 is 1.00 bits per heavy atom. The number of nitrogens with two attached hydrogens (primary N) is 2. The van der Waals surface area contributed by atoms with E-state index in [0.717, 1.165) is 6.07 Å². The molecule has 0 saturated carbocycles. The standard InChI is InChI=1S/C22H15Cl2FN6O2/c23-14-7-6-11(19-15(24)9-16(25)20(26)29-19)8-13(14)22(33)28-18-10-17(21(27)32)30-31(18)12-4-2-1-3-5-12/h1-10H,(H2,26,29)(H2,27,32)(H,28,33). The number of amides is 2. The van der Waals surface area contributed by atoms with Gasteiger partial charge in [-0.3, -0.25) is 9.59 Å². The molecule has 5 N–H and O–H groups in total. The third-order valence-electron chi connectivity index (χ3n) is 4.65. The Morgan fingerprint density at radius 3 is 2.42 bits per heavy atom. The Bertz CT molecular complexity index is 1390. The number of hydrogen-bond donors (Lipinski definition) is 3. The van der Waals surface area contributed by atoms with Crippen LogP contribution in [0.5, 0.6) is 0 Å². The fourth-order valence-electron chi connectivity index (χ4n) is 3.07. The van der Waals surface area contributed by atoms with Crippen LogP contribution >= 0.6 is 23.2 Å². The monoisotopic (exact) mass is 484 g/mol. The van der Waals surface area contributed by atoms with Gasteiger partial charge in [-0.2, -0.15) is 5.10 Å². The van der Waals surface area contributed by atoms with Crippen LogP contribution in [0.1, 0.15) is 20.8 Å². The summed E-state index contributed by atoms with van der Waals surface area (Å²) >= 11 is 12.4. The molecule has 2 aromatic heterocycles.